The Morgan fingerprint density at radius 3 is 1.21 bits per heavy atom. The van der Waals surface area contributed by atoms with Gasteiger partial charge in [-0.1, -0.05) is 72.8 Å². The Bertz CT molecular complexity index is 1560. The highest BCUT2D eigenvalue weighted by molar-refractivity contribution is 5.99. The Labute approximate surface area is 197 Å². The number of ether oxygens (including phenoxy) is 2. The minimum absolute atomic E-state index is 0.172. The number of carbonyl (C=O) groups is 1. The van der Waals surface area contributed by atoms with Gasteiger partial charge in [-0.25, -0.2) is 4.79 Å². The van der Waals surface area contributed by atoms with Crippen molar-refractivity contribution in [1.82, 2.24) is 0 Å². The zero-order valence-corrected chi connectivity index (χ0v) is 18.5. The second-order valence-electron chi connectivity index (χ2n) is 8.59. The number of benzene rings is 6. The molecule has 0 aliphatic rings. The third kappa shape index (κ3) is 4.04. The molecule has 0 saturated carbocycles. The summed E-state index contributed by atoms with van der Waals surface area (Å²) in [6, 6.07) is 37.5. The van der Waals surface area contributed by atoms with Gasteiger partial charge in [-0.05, 0) is 90.6 Å². The lowest BCUT2D eigenvalue weighted by Gasteiger charge is -2.09. The van der Waals surface area contributed by atoms with Gasteiger partial charge in [0.25, 0.3) is 0 Å². The minimum atomic E-state index is -0.669. The van der Waals surface area contributed by atoms with Crippen LogP contribution in [-0.4, -0.2) is 6.16 Å². The Morgan fingerprint density at radius 1 is 0.441 bits per heavy atom. The van der Waals surface area contributed by atoms with Gasteiger partial charge in [0.05, 0.1) is 0 Å². The van der Waals surface area contributed by atoms with E-state index in [1.807, 2.05) is 36.4 Å². The number of rotatable bonds is 4. The average molecular weight is 443 g/mol. The van der Waals surface area contributed by atoms with Gasteiger partial charge in [0.1, 0.15) is 13.2 Å². The van der Waals surface area contributed by atoms with Crippen molar-refractivity contribution in [2.75, 3.05) is 0 Å². The first-order valence-electron chi connectivity index (χ1n) is 11.3. The average Bonchev–Trinajstić information content (AvgIpc) is 2.88. The maximum absolute atomic E-state index is 12.2. The zero-order chi connectivity index (χ0) is 22.9. The van der Waals surface area contributed by atoms with Crippen LogP contribution >= 0.6 is 0 Å². The largest absolute Gasteiger partial charge is 0.508 e. The first-order chi connectivity index (χ1) is 16.7. The second kappa shape index (κ2) is 8.53. The van der Waals surface area contributed by atoms with Gasteiger partial charge in [-0.3, -0.25) is 0 Å². The second-order valence-corrected chi connectivity index (χ2v) is 8.59. The van der Waals surface area contributed by atoms with E-state index in [-0.39, 0.29) is 13.2 Å². The molecule has 3 heteroatoms. The maximum atomic E-state index is 12.2. The molecule has 34 heavy (non-hydrogen) atoms. The molecule has 0 spiro atoms. The van der Waals surface area contributed by atoms with Crippen LogP contribution < -0.4 is 0 Å². The van der Waals surface area contributed by atoms with Crippen molar-refractivity contribution in [2.24, 2.45) is 0 Å². The van der Waals surface area contributed by atoms with Crippen LogP contribution in [0.15, 0.2) is 109 Å². The summed E-state index contributed by atoms with van der Waals surface area (Å²) < 4.78 is 10.7. The van der Waals surface area contributed by atoms with Crippen molar-refractivity contribution in [1.29, 1.82) is 0 Å². The van der Waals surface area contributed by atoms with Gasteiger partial charge in [-0.2, -0.15) is 0 Å². The topological polar surface area (TPSA) is 35.5 Å². The van der Waals surface area contributed by atoms with E-state index < -0.39 is 6.16 Å². The summed E-state index contributed by atoms with van der Waals surface area (Å²) in [5, 5.41) is 9.37. The lowest BCUT2D eigenvalue weighted by atomic mass is 10.0. The lowest BCUT2D eigenvalue weighted by Crippen LogP contribution is -2.07. The molecule has 0 atom stereocenters. The molecule has 3 nitrogen and oxygen atoms in total. The molecule has 6 rings (SSSR count). The molecular formula is C31H22O3. The van der Waals surface area contributed by atoms with Gasteiger partial charge in [0.2, 0.25) is 0 Å². The smallest absolute Gasteiger partial charge is 0.429 e. The summed E-state index contributed by atoms with van der Waals surface area (Å²) >= 11 is 0. The molecule has 0 aliphatic heterocycles. The molecule has 0 saturated heterocycles. The van der Waals surface area contributed by atoms with E-state index in [0.717, 1.165) is 32.7 Å². The number of carbonyl (C=O) groups excluding carboxylic acids is 1. The van der Waals surface area contributed by atoms with Gasteiger partial charge in [0.15, 0.2) is 0 Å². The fourth-order valence-corrected chi connectivity index (χ4v) is 4.48. The molecule has 0 N–H and O–H groups in total. The van der Waals surface area contributed by atoms with Crippen molar-refractivity contribution < 1.29 is 14.3 Å². The molecule has 0 fully saturated rings. The zero-order valence-electron chi connectivity index (χ0n) is 18.5. The first-order valence-corrected chi connectivity index (χ1v) is 11.3. The fraction of sp³-hybridized carbons (Fsp3) is 0.0645. The Kier molecular flexibility index (Phi) is 5.08. The van der Waals surface area contributed by atoms with Crippen molar-refractivity contribution in [2.45, 2.75) is 13.2 Å². The highest BCUT2D eigenvalue weighted by Gasteiger charge is 2.07. The van der Waals surface area contributed by atoms with Crippen LogP contribution in [-0.2, 0) is 22.7 Å². The SMILES string of the molecule is O=C(OCc1ccc2cc3ccccc3cc2c1)OCc1ccc2cc3ccccc3cc2c1. The highest BCUT2D eigenvalue weighted by atomic mass is 16.7. The van der Waals surface area contributed by atoms with E-state index in [0.29, 0.717) is 0 Å². The van der Waals surface area contributed by atoms with Gasteiger partial charge >= 0.3 is 6.16 Å². The molecule has 0 unspecified atom stereocenters. The lowest BCUT2D eigenvalue weighted by molar-refractivity contribution is 0.0447. The van der Waals surface area contributed by atoms with E-state index >= 15 is 0 Å². The molecule has 6 aromatic carbocycles. The van der Waals surface area contributed by atoms with Crippen molar-refractivity contribution in [3.63, 3.8) is 0 Å². The summed E-state index contributed by atoms with van der Waals surface area (Å²) in [5.41, 5.74) is 1.86. The van der Waals surface area contributed by atoms with Crippen LogP contribution in [0.1, 0.15) is 11.1 Å². The summed E-state index contributed by atoms with van der Waals surface area (Å²) in [6.45, 7) is 0.344. The summed E-state index contributed by atoms with van der Waals surface area (Å²) in [7, 11) is 0. The van der Waals surface area contributed by atoms with E-state index in [9.17, 15) is 4.79 Å². The molecular weight excluding hydrogens is 420 g/mol. The van der Waals surface area contributed by atoms with Crippen LogP contribution in [0.25, 0.3) is 43.1 Å². The van der Waals surface area contributed by atoms with Gasteiger partial charge in [-0.15, -0.1) is 0 Å². The summed E-state index contributed by atoms with van der Waals surface area (Å²) in [5.74, 6) is 0. The Balaban J connectivity index is 1.11. The number of hydrogen-bond donors (Lipinski definition) is 0. The molecule has 0 heterocycles. The monoisotopic (exact) mass is 442 g/mol. The summed E-state index contributed by atoms with van der Waals surface area (Å²) in [4.78, 5) is 12.2. The predicted octanol–water partition coefficient (Wildman–Crippen LogP) is 8.15. The normalized spacial score (nSPS) is 11.3. The highest BCUT2D eigenvalue weighted by Crippen LogP contribution is 2.25. The van der Waals surface area contributed by atoms with Gasteiger partial charge in [0, 0.05) is 0 Å². The van der Waals surface area contributed by atoms with E-state index in [4.69, 9.17) is 9.47 Å². The molecule has 0 aliphatic carbocycles. The quantitative estimate of drug-likeness (QED) is 0.204. The molecule has 0 aromatic heterocycles. The third-order valence-corrected chi connectivity index (χ3v) is 6.25. The van der Waals surface area contributed by atoms with E-state index in [1.54, 1.807) is 0 Å². The van der Waals surface area contributed by atoms with E-state index in [2.05, 4.69) is 72.8 Å². The minimum Gasteiger partial charge on any atom is -0.429 e. The standard InChI is InChI=1S/C31H22O3/c32-31(33-19-21-9-11-27-15-23-5-1-3-7-25(23)17-29(27)13-21)34-20-22-10-12-28-16-24-6-2-4-8-26(24)18-30(28)14-22/h1-18H,19-20H2. The molecule has 0 bridgehead atoms. The maximum Gasteiger partial charge on any atom is 0.508 e. The van der Waals surface area contributed by atoms with Crippen LogP contribution in [0.5, 0.6) is 0 Å². The fourth-order valence-electron chi connectivity index (χ4n) is 4.48. The molecule has 0 radical (unpaired) electrons. The Hall–Kier alpha value is -4.37. The van der Waals surface area contributed by atoms with E-state index in [1.165, 1.54) is 21.5 Å². The molecule has 0 amide bonds. The van der Waals surface area contributed by atoms with Crippen molar-refractivity contribution >= 4 is 49.2 Å². The Morgan fingerprint density at radius 2 is 0.794 bits per heavy atom. The predicted molar refractivity (Wildman–Crippen MR) is 138 cm³/mol. The first kappa shape index (κ1) is 20.3. The molecule has 6 aromatic rings. The van der Waals surface area contributed by atoms with Crippen LogP contribution in [0.2, 0.25) is 0 Å². The van der Waals surface area contributed by atoms with Crippen LogP contribution in [0.4, 0.5) is 4.79 Å². The van der Waals surface area contributed by atoms with Crippen molar-refractivity contribution in [3.8, 4) is 0 Å². The number of hydrogen-bond acceptors (Lipinski definition) is 3. The van der Waals surface area contributed by atoms with Crippen LogP contribution in [0.3, 0.4) is 0 Å². The molecule has 164 valence electrons. The third-order valence-electron chi connectivity index (χ3n) is 6.25. The van der Waals surface area contributed by atoms with Crippen molar-refractivity contribution in [3.05, 3.63) is 120 Å². The van der Waals surface area contributed by atoms with Gasteiger partial charge < -0.3 is 9.47 Å². The number of fused-ring (bicyclic) bond motifs is 4. The summed E-state index contributed by atoms with van der Waals surface area (Å²) in [6.07, 6.45) is -0.669. The van der Waals surface area contributed by atoms with Crippen LogP contribution in [0, 0.1) is 0 Å².